The molecule has 0 spiro atoms. The third-order valence-corrected chi connectivity index (χ3v) is 6.54. The first-order chi connectivity index (χ1) is 18.5. The maximum Gasteiger partial charge on any atom is 0.270 e. The molecule has 4 aromatic carbocycles. The highest BCUT2D eigenvalue weighted by molar-refractivity contribution is 7.81. The second-order valence-electron chi connectivity index (χ2n) is 8.52. The summed E-state index contributed by atoms with van der Waals surface area (Å²) in [4.78, 5) is 30.7. The molecule has 0 atom stereocenters. The van der Waals surface area contributed by atoms with Crippen molar-refractivity contribution in [3.63, 3.8) is 0 Å². The predicted molar refractivity (Wildman–Crippen MR) is 155 cm³/mol. The maximum absolute atomic E-state index is 14.0. The molecule has 1 fully saturated rings. The zero-order valence-corrected chi connectivity index (χ0v) is 21.9. The molecule has 0 bridgehead atoms. The Morgan fingerprint density at radius 1 is 0.737 bits per heavy atom. The Bertz CT molecular complexity index is 1480. The molecule has 1 saturated heterocycles. The standard InChI is InChI=1S/C31H26N2O4S/c1-3-36-24-17-15-21-16-18-28(37-4-2)26(25(21)19-24)20-27-29(34)32(22-11-7-5-8-12-22)31(38)33(30(27)35)23-13-9-6-10-14-23/h5-20H,3-4H2,1-2H3. The van der Waals surface area contributed by atoms with Crippen molar-refractivity contribution < 1.29 is 19.1 Å². The van der Waals surface area contributed by atoms with Gasteiger partial charge in [0.05, 0.1) is 24.6 Å². The Morgan fingerprint density at radius 2 is 1.29 bits per heavy atom. The second kappa shape index (κ2) is 10.9. The smallest absolute Gasteiger partial charge is 0.270 e. The van der Waals surface area contributed by atoms with Gasteiger partial charge in [0.1, 0.15) is 17.1 Å². The van der Waals surface area contributed by atoms with Crippen molar-refractivity contribution in [3.05, 3.63) is 102 Å². The monoisotopic (exact) mass is 522 g/mol. The molecule has 1 heterocycles. The van der Waals surface area contributed by atoms with E-state index >= 15 is 0 Å². The van der Waals surface area contributed by atoms with Crippen molar-refractivity contribution >= 4 is 57.4 Å². The number of hydrogen-bond donors (Lipinski definition) is 0. The summed E-state index contributed by atoms with van der Waals surface area (Å²) in [5, 5.41) is 1.83. The summed E-state index contributed by atoms with van der Waals surface area (Å²) in [5.41, 5.74) is 1.74. The lowest BCUT2D eigenvalue weighted by atomic mass is 9.98. The number of carbonyl (C=O) groups is 2. The second-order valence-corrected chi connectivity index (χ2v) is 8.88. The number of ether oxygens (including phenoxy) is 2. The van der Waals surface area contributed by atoms with Crippen LogP contribution in [-0.2, 0) is 9.59 Å². The Morgan fingerprint density at radius 3 is 1.84 bits per heavy atom. The Kier molecular flexibility index (Phi) is 7.20. The molecule has 7 heteroatoms. The van der Waals surface area contributed by atoms with E-state index < -0.39 is 11.8 Å². The topological polar surface area (TPSA) is 59.1 Å². The fraction of sp³-hybridized carbons (Fsp3) is 0.129. The van der Waals surface area contributed by atoms with Crippen LogP contribution < -0.4 is 19.3 Å². The van der Waals surface area contributed by atoms with E-state index in [9.17, 15) is 9.59 Å². The summed E-state index contributed by atoms with van der Waals surface area (Å²) in [5.74, 6) is 0.248. The molecule has 0 aliphatic carbocycles. The maximum atomic E-state index is 14.0. The van der Waals surface area contributed by atoms with Gasteiger partial charge in [-0.1, -0.05) is 48.5 Å². The van der Waals surface area contributed by atoms with Gasteiger partial charge in [-0.25, -0.2) is 0 Å². The van der Waals surface area contributed by atoms with Crippen LogP contribution >= 0.6 is 12.2 Å². The quantitative estimate of drug-likeness (QED) is 0.160. The van der Waals surface area contributed by atoms with E-state index in [2.05, 4.69) is 0 Å². The largest absolute Gasteiger partial charge is 0.494 e. The zero-order valence-electron chi connectivity index (χ0n) is 21.1. The van der Waals surface area contributed by atoms with Crippen LogP contribution in [0.2, 0.25) is 0 Å². The van der Waals surface area contributed by atoms with Crippen LogP contribution in [0.3, 0.4) is 0 Å². The minimum atomic E-state index is -0.501. The number of benzene rings is 4. The molecule has 0 radical (unpaired) electrons. The van der Waals surface area contributed by atoms with Crippen molar-refractivity contribution in [1.29, 1.82) is 0 Å². The number of rotatable bonds is 7. The fourth-order valence-corrected chi connectivity index (χ4v) is 4.85. The summed E-state index contributed by atoms with van der Waals surface area (Å²) in [6, 6.07) is 27.7. The highest BCUT2D eigenvalue weighted by atomic mass is 32.1. The van der Waals surface area contributed by atoms with E-state index in [-0.39, 0.29) is 10.7 Å². The van der Waals surface area contributed by atoms with Gasteiger partial charge in [0.25, 0.3) is 11.8 Å². The number of hydrogen-bond acceptors (Lipinski definition) is 5. The predicted octanol–water partition coefficient (Wildman–Crippen LogP) is 6.39. The van der Waals surface area contributed by atoms with E-state index in [0.29, 0.717) is 41.7 Å². The Labute approximate surface area is 226 Å². The molecule has 5 rings (SSSR count). The number of amides is 2. The van der Waals surface area contributed by atoms with Gasteiger partial charge in [0.2, 0.25) is 0 Å². The molecule has 4 aromatic rings. The number of anilines is 2. The van der Waals surface area contributed by atoms with Gasteiger partial charge < -0.3 is 9.47 Å². The highest BCUT2D eigenvalue weighted by Gasteiger charge is 2.41. The lowest BCUT2D eigenvalue weighted by Gasteiger charge is -2.36. The number of para-hydroxylation sites is 2. The van der Waals surface area contributed by atoms with Crippen LogP contribution in [0.25, 0.3) is 16.8 Å². The third kappa shape index (κ3) is 4.64. The van der Waals surface area contributed by atoms with Crippen LogP contribution in [0.5, 0.6) is 11.5 Å². The van der Waals surface area contributed by atoms with Crippen LogP contribution in [0.1, 0.15) is 19.4 Å². The van der Waals surface area contributed by atoms with Crippen molar-refractivity contribution in [2.45, 2.75) is 13.8 Å². The van der Waals surface area contributed by atoms with Crippen LogP contribution in [-0.4, -0.2) is 30.1 Å². The summed E-state index contributed by atoms with van der Waals surface area (Å²) in [6.45, 7) is 4.74. The first kappa shape index (κ1) is 25.2. The van der Waals surface area contributed by atoms with Gasteiger partial charge >= 0.3 is 0 Å². The Balaban J connectivity index is 1.74. The molecule has 0 aromatic heterocycles. The molecule has 0 unspecified atom stereocenters. The van der Waals surface area contributed by atoms with Crippen LogP contribution in [0, 0.1) is 0 Å². The molecule has 6 nitrogen and oxygen atoms in total. The first-order valence-corrected chi connectivity index (χ1v) is 12.8. The number of carbonyl (C=O) groups excluding carboxylic acids is 2. The molecule has 1 aliphatic heterocycles. The van der Waals surface area contributed by atoms with Crippen molar-refractivity contribution in [2.75, 3.05) is 23.0 Å². The molecular weight excluding hydrogens is 496 g/mol. The summed E-state index contributed by atoms with van der Waals surface area (Å²) < 4.78 is 11.7. The van der Waals surface area contributed by atoms with E-state index in [4.69, 9.17) is 21.7 Å². The molecule has 0 saturated carbocycles. The van der Waals surface area contributed by atoms with Crippen molar-refractivity contribution in [2.24, 2.45) is 0 Å². The van der Waals surface area contributed by atoms with Crippen LogP contribution in [0.4, 0.5) is 11.4 Å². The zero-order chi connectivity index (χ0) is 26.6. The lowest BCUT2D eigenvalue weighted by molar-refractivity contribution is -0.120. The van der Waals surface area contributed by atoms with E-state index in [1.54, 1.807) is 30.3 Å². The number of thiocarbonyl (C=S) groups is 1. The number of nitrogens with zero attached hydrogens (tertiary/aromatic N) is 2. The lowest BCUT2D eigenvalue weighted by Crippen LogP contribution is -2.56. The number of fused-ring (bicyclic) bond motifs is 1. The molecule has 2 amide bonds. The highest BCUT2D eigenvalue weighted by Crippen LogP contribution is 2.35. The average Bonchev–Trinajstić information content (AvgIpc) is 2.93. The Hall–Kier alpha value is -4.49. The molecule has 1 aliphatic rings. The molecule has 190 valence electrons. The van der Waals surface area contributed by atoms with Gasteiger partial charge in [-0.15, -0.1) is 0 Å². The SMILES string of the molecule is CCOc1ccc2ccc(OCC)c(C=C3C(=O)N(c4ccccc4)C(=S)N(c4ccccc4)C3=O)c2c1. The van der Waals surface area contributed by atoms with E-state index in [1.165, 1.54) is 9.80 Å². The van der Waals surface area contributed by atoms with Gasteiger partial charge in [-0.05, 0) is 85.4 Å². The fourth-order valence-electron chi connectivity index (χ4n) is 4.47. The van der Waals surface area contributed by atoms with E-state index in [0.717, 1.165) is 10.8 Å². The van der Waals surface area contributed by atoms with Gasteiger partial charge in [0, 0.05) is 5.56 Å². The van der Waals surface area contributed by atoms with Crippen molar-refractivity contribution in [3.8, 4) is 11.5 Å². The summed E-state index contributed by atoms with van der Waals surface area (Å²) in [6.07, 6.45) is 1.61. The summed E-state index contributed by atoms with van der Waals surface area (Å²) >= 11 is 5.72. The molecular formula is C31H26N2O4S. The summed E-state index contributed by atoms with van der Waals surface area (Å²) in [7, 11) is 0. The molecule has 38 heavy (non-hydrogen) atoms. The minimum absolute atomic E-state index is 0.0263. The minimum Gasteiger partial charge on any atom is -0.494 e. The third-order valence-electron chi connectivity index (χ3n) is 6.17. The van der Waals surface area contributed by atoms with Gasteiger partial charge in [-0.2, -0.15) is 0 Å². The molecule has 0 N–H and O–H groups in total. The van der Waals surface area contributed by atoms with Gasteiger partial charge in [0.15, 0.2) is 5.11 Å². The first-order valence-electron chi connectivity index (χ1n) is 12.4. The van der Waals surface area contributed by atoms with E-state index in [1.807, 2.05) is 80.6 Å². The normalized spacial score (nSPS) is 13.7. The van der Waals surface area contributed by atoms with Crippen molar-refractivity contribution in [1.82, 2.24) is 0 Å². The average molecular weight is 523 g/mol. The van der Waals surface area contributed by atoms with Gasteiger partial charge in [-0.3, -0.25) is 19.4 Å². The van der Waals surface area contributed by atoms with Crippen LogP contribution in [0.15, 0.2) is 96.6 Å².